The quantitative estimate of drug-likeness (QED) is 0.713. The predicted molar refractivity (Wildman–Crippen MR) is 101 cm³/mol. The maximum Gasteiger partial charge on any atom is 0.273 e. The second kappa shape index (κ2) is 6.65. The zero-order chi connectivity index (χ0) is 18.0. The number of rotatable bonds is 4. The summed E-state index contributed by atoms with van der Waals surface area (Å²) in [5.74, 6) is 0.173. The Hall–Kier alpha value is -3.34. The largest absolute Gasteiger partial charge is 0.508 e. The number of aryl methyl sites for hydroxylation is 1. The number of H-pyrrole nitrogens is 1. The fourth-order valence-electron chi connectivity index (χ4n) is 2.74. The van der Waals surface area contributed by atoms with Gasteiger partial charge in [0.25, 0.3) is 5.56 Å². The predicted octanol–water partition coefficient (Wildman–Crippen LogP) is 3.85. The van der Waals surface area contributed by atoms with E-state index in [9.17, 15) is 9.90 Å². The average molecular weight is 333 g/mol. The van der Waals surface area contributed by atoms with Crippen LogP contribution in [-0.4, -0.2) is 19.7 Å². The van der Waals surface area contributed by atoms with E-state index >= 15 is 0 Å². The van der Waals surface area contributed by atoms with Crippen molar-refractivity contribution in [2.75, 3.05) is 0 Å². The van der Waals surface area contributed by atoms with E-state index in [-0.39, 0.29) is 11.3 Å². The van der Waals surface area contributed by atoms with Crippen LogP contribution in [0, 0.1) is 6.92 Å². The molecule has 25 heavy (non-hydrogen) atoms. The van der Waals surface area contributed by atoms with Gasteiger partial charge in [-0.1, -0.05) is 30.9 Å². The highest BCUT2D eigenvalue weighted by molar-refractivity contribution is 5.78. The van der Waals surface area contributed by atoms with E-state index in [2.05, 4.69) is 16.7 Å². The van der Waals surface area contributed by atoms with Gasteiger partial charge in [0.15, 0.2) is 5.65 Å². The van der Waals surface area contributed by atoms with E-state index in [0.29, 0.717) is 11.3 Å². The van der Waals surface area contributed by atoms with Crippen LogP contribution in [0.25, 0.3) is 22.5 Å². The number of nitrogens with zero attached hydrogens (tertiary/aromatic N) is 2. The van der Waals surface area contributed by atoms with Crippen LogP contribution >= 0.6 is 0 Å². The zero-order valence-corrected chi connectivity index (χ0v) is 14.2. The van der Waals surface area contributed by atoms with Crippen molar-refractivity contribution in [3.05, 3.63) is 82.8 Å². The number of fused-ring (bicyclic) bond motifs is 1. The van der Waals surface area contributed by atoms with Crippen molar-refractivity contribution in [2.45, 2.75) is 13.8 Å². The molecule has 0 aliphatic rings. The monoisotopic (exact) mass is 333 g/mol. The number of benzene rings is 1. The Labute approximate surface area is 145 Å². The maximum atomic E-state index is 12.5. The van der Waals surface area contributed by atoms with Crippen molar-refractivity contribution in [2.24, 2.45) is 0 Å². The molecule has 0 fully saturated rings. The lowest BCUT2D eigenvalue weighted by Crippen LogP contribution is -2.14. The lowest BCUT2D eigenvalue weighted by Gasteiger charge is -2.02. The summed E-state index contributed by atoms with van der Waals surface area (Å²) >= 11 is 0. The Kier molecular flexibility index (Phi) is 4.39. The first-order valence-electron chi connectivity index (χ1n) is 7.92. The fraction of sp³-hybridized carbons (Fsp3) is 0.100. The Morgan fingerprint density at radius 1 is 1.32 bits per heavy atom. The average Bonchev–Trinajstić information content (AvgIpc) is 2.93. The van der Waals surface area contributed by atoms with Crippen molar-refractivity contribution in [3.63, 3.8) is 0 Å². The molecule has 0 atom stereocenters. The van der Waals surface area contributed by atoms with E-state index in [1.807, 2.05) is 32.1 Å². The minimum absolute atomic E-state index is 0.173. The molecule has 5 nitrogen and oxygen atoms in total. The van der Waals surface area contributed by atoms with Gasteiger partial charge < -0.3 is 5.11 Å². The molecule has 0 bridgehead atoms. The Morgan fingerprint density at radius 3 is 2.68 bits per heavy atom. The topological polar surface area (TPSA) is 70.4 Å². The van der Waals surface area contributed by atoms with Gasteiger partial charge in [0.05, 0.1) is 11.4 Å². The molecule has 0 aliphatic heterocycles. The number of hydrogen-bond acceptors (Lipinski definition) is 3. The lowest BCUT2D eigenvalue weighted by atomic mass is 10.1. The van der Waals surface area contributed by atoms with Crippen LogP contribution in [0.2, 0.25) is 0 Å². The molecule has 0 unspecified atom stereocenters. The van der Waals surface area contributed by atoms with Crippen molar-refractivity contribution < 1.29 is 5.11 Å². The first kappa shape index (κ1) is 16.5. The molecule has 0 spiro atoms. The highest BCUT2D eigenvalue weighted by Gasteiger charge is 2.14. The molecular weight excluding hydrogens is 314 g/mol. The van der Waals surface area contributed by atoms with Crippen molar-refractivity contribution >= 4 is 11.2 Å². The van der Waals surface area contributed by atoms with Crippen LogP contribution < -0.4 is 5.56 Å². The Balaban J connectivity index is 2.23. The summed E-state index contributed by atoms with van der Waals surface area (Å²) in [6.45, 7) is 7.60. The third-order valence-electron chi connectivity index (χ3n) is 3.95. The molecule has 0 radical (unpaired) electrons. The molecule has 2 aromatic heterocycles. The fourth-order valence-corrected chi connectivity index (χ4v) is 2.74. The van der Waals surface area contributed by atoms with Gasteiger partial charge in [-0.2, -0.15) is 0 Å². The van der Waals surface area contributed by atoms with E-state index in [1.165, 1.54) is 10.6 Å². The molecule has 126 valence electrons. The summed E-state index contributed by atoms with van der Waals surface area (Å²) in [5.41, 5.74) is 4.35. The molecule has 0 aliphatic carbocycles. The van der Waals surface area contributed by atoms with Crippen LogP contribution in [0.15, 0.2) is 66.0 Å². The smallest absolute Gasteiger partial charge is 0.273 e. The van der Waals surface area contributed by atoms with Crippen LogP contribution in [-0.2, 0) is 0 Å². The van der Waals surface area contributed by atoms with Gasteiger partial charge in [0.1, 0.15) is 5.75 Å². The van der Waals surface area contributed by atoms with Crippen LogP contribution in [0.3, 0.4) is 0 Å². The van der Waals surface area contributed by atoms with Gasteiger partial charge in [-0.3, -0.25) is 9.89 Å². The first-order valence-corrected chi connectivity index (χ1v) is 7.92. The summed E-state index contributed by atoms with van der Waals surface area (Å²) < 4.78 is 1.44. The second-order valence-electron chi connectivity index (χ2n) is 5.66. The molecule has 2 heterocycles. The normalized spacial score (nSPS) is 12.2. The van der Waals surface area contributed by atoms with Crippen LogP contribution in [0.5, 0.6) is 5.75 Å². The van der Waals surface area contributed by atoms with Gasteiger partial charge in [-0.05, 0) is 43.7 Å². The number of nitrogens with one attached hydrogen (secondary N) is 1. The van der Waals surface area contributed by atoms with Crippen molar-refractivity contribution in [1.82, 2.24) is 14.6 Å². The minimum Gasteiger partial charge on any atom is -0.508 e. The maximum absolute atomic E-state index is 12.5. The zero-order valence-electron chi connectivity index (χ0n) is 14.2. The number of aromatic amines is 1. The van der Waals surface area contributed by atoms with Gasteiger partial charge in [-0.25, -0.2) is 9.50 Å². The third-order valence-corrected chi connectivity index (χ3v) is 3.95. The molecule has 3 aromatic rings. The first-order chi connectivity index (χ1) is 12.0. The van der Waals surface area contributed by atoms with Crippen LogP contribution in [0.4, 0.5) is 0 Å². The summed E-state index contributed by atoms with van der Waals surface area (Å²) in [6, 6.07) is 8.10. The van der Waals surface area contributed by atoms with E-state index in [4.69, 9.17) is 0 Å². The summed E-state index contributed by atoms with van der Waals surface area (Å²) in [7, 11) is 0. The molecule has 0 saturated carbocycles. The van der Waals surface area contributed by atoms with Gasteiger partial charge >= 0.3 is 0 Å². The number of aromatic nitrogens is 3. The number of allylic oxidation sites excluding steroid dienone is 5. The molecular formula is C20H19N3O2. The standard InChI is InChI=1S/C20H19N3O2/c1-4-6-15(7-5-2)19-13(3)20-21-17(12-18(25)23(20)22-19)14-8-10-16(24)11-9-14/h4-12,22,24H,1H2,2-3H3/b7-5-,15-6+. The van der Waals surface area contributed by atoms with Crippen molar-refractivity contribution in [3.8, 4) is 17.0 Å². The Bertz CT molecular complexity index is 1050. The summed E-state index contributed by atoms with van der Waals surface area (Å²) in [6.07, 6.45) is 7.46. The molecule has 0 amide bonds. The molecule has 1 aromatic carbocycles. The van der Waals surface area contributed by atoms with Crippen LogP contribution in [0.1, 0.15) is 18.2 Å². The van der Waals surface area contributed by atoms with E-state index < -0.39 is 0 Å². The molecule has 0 saturated heterocycles. The Morgan fingerprint density at radius 2 is 2.04 bits per heavy atom. The highest BCUT2D eigenvalue weighted by atomic mass is 16.3. The summed E-state index contributed by atoms with van der Waals surface area (Å²) in [5, 5.41) is 12.6. The lowest BCUT2D eigenvalue weighted by molar-refractivity contribution is 0.475. The van der Waals surface area contributed by atoms with E-state index in [1.54, 1.807) is 30.3 Å². The minimum atomic E-state index is -0.194. The molecule has 2 N–H and O–H groups in total. The highest BCUT2D eigenvalue weighted by Crippen LogP contribution is 2.24. The number of hydrogen-bond donors (Lipinski definition) is 2. The number of aromatic hydroxyl groups is 1. The second-order valence-corrected chi connectivity index (χ2v) is 5.66. The van der Waals surface area contributed by atoms with Gasteiger partial charge in [-0.15, -0.1) is 0 Å². The van der Waals surface area contributed by atoms with Gasteiger partial charge in [0, 0.05) is 17.2 Å². The number of phenolic OH excluding ortho intramolecular Hbond substituents is 1. The van der Waals surface area contributed by atoms with Crippen molar-refractivity contribution in [1.29, 1.82) is 0 Å². The van der Waals surface area contributed by atoms with Gasteiger partial charge in [0.2, 0.25) is 0 Å². The molecule has 3 rings (SSSR count). The summed E-state index contributed by atoms with van der Waals surface area (Å²) in [4.78, 5) is 17.2. The molecule has 5 heteroatoms. The third kappa shape index (κ3) is 3.04. The SMILES string of the molecule is C=C/C=C(\C=C/C)c1[nH]n2c(=O)cc(-c3ccc(O)cc3)nc2c1C. The van der Waals surface area contributed by atoms with E-state index in [0.717, 1.165) is 22.4 Å². The number of phenols is 1.